The van der Waals surface area contributed by atoms with Crippen molar-refractivity contribution in [1.29, 1.82) is 5.26 Å². The lowest BCUT2D eigenvalue weighted by Gasteiger charge is -2.37. The molecule has 1 fully saturated rings. The minimum atomic E-state index is -0.243. The van der Waals surface area contributed by atoms with Gasteiger partial charge in [-0.3, -0.25) is 0 Å². The lowest BCUT2D eigenvalue weighted by molar-refractivity contribution is 0.00774. The predicted molar refractivity (Wildman–Crippen MR) is 75.6 cm³/mol. The Morgan fingerprint density at radius 2 is 2.10 bits per heavy atom. The minimum absolute atomic E-state index is 0.232. The maximum Gasteiger partial charge on any atom is 0.127 e. The molecule has 20 heavy (non-hydrogen) atoms. The van der Waals surface area contributed by atoms with Crippen molar-refractivity contribution in [2.75, 3.05) is 26.8 Å². The molecule has 1 aromatic rings. The van der Waals surface area contributed by atoms with Crippen molar-refractivity contribution < 1.29 is 9.13 Å². The molecule has 0 N–H and O–H groups in total. The highest BCUT2D eigenvalue weighted by molar-refractivity contribution is 5.33. The van der Waals surface area contributed by atoms with E-state index >= 15 is 0 Å². The number of benzene rings is 1. The smallest absolute Gasteiger partial charge is 0.127 e. The molecule has 0 bridgehead atoms. The summed E-state index contributed by atoms with van der Waals surface area (Å²) in [6.45, 7) is 5.31. The SMILES string of the molecule is CN(Cc1cc(C#N)ccc1F)CC1(C)CCOCC1. The van der Waals surface area contributed by atoms with Gasteiger partial charge in [0, 0.05) is 31.9 Å². The molecule has 3 nitrogen and oxygen atoms in total. The Morgan fingerprint density at radius 3 is 2.75 bits per heavy atom. The quantitative estimate of drug-likeness (QED) is 0.848. The summed E-state index contributed by atoms with van der Waals surface area (Å²) in [5, 5.41) is 8.89. The largest absolute Gasteiger partial charge is 0.381 e. The summed E-state index contributed by atoms with van der Waals surface area (Å²) in [4.78, 5) is 2.13. The van der Waals surface area contributed by atoms with E-state index in [1.165, 1.54) is 12.1 Å². The van der Waals surface area contributed by atoms with E-state index in [2.05, 4.69) is 17.9 Å². The van der Waals surface area contributed by atoms with Crippen LogP contribution in [0.2, 0.25) is 0 Å². The summed E-state index contributed by atoms with van der Waals surface area (Å²) >= 11 is 0. The summed E-state index contributed by atoms with van der Waals surface area (Å²) in [7, 11) is 2.00. The third-order valence-corrected chi connectivity index (χ3v) is 3.97. The van der Waals surface area contributed by atoms with E-state index in [1.54, 1.807) is 6.07 Å². The van der Waals surface area contributed by atoms with Crippen LogP contribution in [0.4, 0.5) is 4.39 Å². The van der Waals surface area contributed by atoms with Crippen molar-refractivity contribution in [2.24, 2.45) is 5.41 Å². The fourth-order valence-corrected chi connectivity index (χ4v) is 2.79. The van der Waals surface area contributed by atoms with E-state index in [0.29, 0.717) is 17.7 Å². The molecule has 1 saturated heterocycles. The lowest BCUT2D eigenvalue weighted by Crippen LogP contribution is -2.37. The molecule has 0 saturated carbocycles. The molecule has 1 aliphatic heterocycles. The fourth-order valence-electron chi connectivity index (χ4n) is 2.79. The van der Waals surface area contributed by atoms with Crippen LogP contribution in [-0.2, 0) is 11.3 Å². The molecular weight excluding hydrogens is 255 g/mol. The van der Waals surface area contributed by atoms with Crippen molar-refractivity contribution in [3.8, 4) is 6.07 Å². The zero-order valence-electron chi connectivity index (χ0n) is 12.2. The Morgan fingerprint density at radius 1 is 1.40 bits per heavy atom. The van der Waals surface area contributed by atoms with Gasteiger partial charge in [-0.05, 0) is 43.5 Å². The first kappa shape index (κ1) is 15.0. The monoisotopic (exact) mass is 276 g/mol. The first-order valence-electron chi connectivity index (χ1n) is 6.97. The van der Waals surface area contributed by atoms with Gasteiger partial charge in [0.2, 0.25) is 0 Å². The summed E-state index contributed by atoms with van der Waals surface area (Å²) in [6, 6.07) is 6.58. The normalized spacial score (nSPS) is 17.9. The minimum Gasteiger partial charge on any atom is -0.381 e. The molecule has 4 heteroatoms. The van der Waals surface area contributed by atoms with E-state index in [9.17, 15) is 4.39 Å². The number of ether oxygens (including phenoxy) is 1. The van der Waals surface area contributed by atoms with Gasteiger partial charge < -0.3 is 9.64 Å². The summed E-state index contributed by atoms with van der Waals surface area (Å²) in [5.41, 5.74) is 1.32. The first-order chi connectivity index (χ1) is 9.52. The molecular formula is C16H21FN2O. The second-order valence-electron chi connectivity index (χ2n) is 6.01. The summed E-state index contributed by atoms with van der Waals surface area (Å²) in [5.74, 6) is -0.243. The van der Waals surface area contributed by atoms with E-state index in [-0.39, 0.29) is 11.2 Å². The standard InChI is InChI=1S/C16H21FN2O/c1-16(5-7-20-8-6-16)12-19(2)11-14-9-13(10-18)3-4-15(14)17/h3-4,9H,5-8,11-12H2,1-2H3. The molecule has 0 spiro atoms. The van der Waals surface area contributed by atoms with Crippen LogP contribution in [0, 0.1) is 22.6 Å². The predicted octanol–water partition coefficient (Wildman–Crippen LogP) is 2.95. The van der Waals surface area contributed by atoms with Crippen LogP contribution < -0.4 is 0 Å². The van der Waals surface area contributed by atoms with Crippen molar-refractivity contribution in [3.05, 3.63) is 35.1 Å². The molecule has 108 valence electrons. The lowest BCUT2D eigenvalue weighted by atomic mass is 9.82. The fraction of sp³-hybridized carbons (Fsp3) is 0.562. The number of halogens is 1. The van der Waals surface area contributed by atoms with Gasteiger partial charge in [0.05, 0.1) is 11.6 Å². The van der Waals surface area contributed by atoms with Gasteiger partial charge in [0.1, 0.15) is 5.82 Å². The zero-order chi connectivity index (χ0) is 14.6. The van der Waals surface area contributed by atoms with Crippen LogP contribution in [0.3, 0.4) is 0 Å². The van der Waals surface area contributed by atoms with Crippen LogP contribution in [0.1, 0.15) is 30.9 Å². The molecule has 2 rings (SSSR count). The Kier molecular flexibility index (Phi) is 4.74. The average Bonchev–Trinajstić information content (AvgIpc) is 2.41. The van der Waals surface area contributed by atoms with Crippen LogP contribution in [0.15, 0.2) is 18.2 Å². The van der Waals surface area contributed by atoms with E-state index < -0.39 is 0 Å². The van der Waals surface area contributed by atoms with Crippen molar-refractivity contribution in [3.63, 3.8) is 0 Å². The second-order valence-corrected chi connectivity index (χ2v) is 6.01. The average molecular weight is 276 g/mol. The van der Waals surface area contributed by atoms with Crippen LogP contribution in [-0.4, -0.2) is 31.7 Å². The molecule has 0 aromatic heterocycles. The Hall–Kier alpha value is -1.44. The van der Waals surface area contributed by atoms with Gasteiger partial charge in [-0.2, -0.15) is 5.26 Å². The van der Waals surface area contributed by atoms with Gasteiger partial charge in [-0.15, -0.1) is 0 Å². The van der Waals surface area contributed by atoms with Crippen LogP contribution in [0.5, 0.6) is 0 Å². The van der Waals surface area contributed by atoms with E-state index in [4.69, 9.17) is 10.00 Å². The molecule has 0 atom stereocenters. The van der Waals surface area contributed by atoms with Gasteiger partial charge in [-0.1, -0.05) is 6.92 Å². The zero-order valence-corrected chi connectivity index (χ0v) is 12.2. The van der Waals surface area contributed by atoms with Crippen molar-refractivity contribution >= 4 is 0 Å². The summed E-state index contributed by atoms with van der Waals surface area (Å²) < 4.78 is 19.2. The van der Waals surface area contributed by atoms with E-state index in [0.717, 1.165) is 32.6 Å². The Bertz CT molecular complexity index is 504. The second kappa shape index (κ2) is 6.34. The van der Waals surface area contributed by atoms with Crippen LogP contribution >= 0.6 is 0 Å². The number of hydrogen-bond acceptors (Lipinski definition) is 3. The number of nitriles is 1. The number of rotatable bonds is 4. The van der Waals surface area contributed by atoms with Crippen molar-refractivity contribution in [2.45, 2.75) is 26.3 Å². The first-order valence-corrected chi connectivity index (χ1v) is 6.97. The molecule has 1 aromatic carbocycles. The number of hydrogen-bond donors (Lipinski definition) is 0. The molecule has 0 amide bonds. The third kappa shape index (κ3) is 3.78. The molecule has 0 radical (unpaired) electrons. The van der Waals surface area contributed by atoms with Gasteiger partial charge >= 0.3 is 0 Å². The summed E-state index contributed by atoms with van der Waals surface area (Å²) in [6.07, 6.45) is 2.08. The number of nitrogens with zero attached hydrogens (tertiary/aromatic N) is 2. The topological polar surface area (TPSA) is 36.3 Å². The molecule has 1 heterocycles. The van der Waals surface area contributed by atoms with Gasteiger partial charge in [0.25, 0.3) is 0 Å². The molecule has 1 aliphatic rings. The van der Waals surface area contributed by atoms with Crippen molar-refractivity contribution in [1.82, 2.24) is 4.90 Å². The van der Waals surface area contributed by atoms with E-state index in [1.807, 2.05) is 7.05 Å². The highest BCUT2D eigenvalue weighted by Gasteiger charge is 2.28. The van der Waals surface area contributed by atoms with Gasteiger partial charge in [-0.25, -0.2) is 4.39 Å². The maximum absolute atomic E-state index is 13.8. The third-order valence-electron chi connectivity index (χ3n) is 3.97. The highest BCUT2D eigenvalue weighted by atomic mass is 19.1. The van der Waals surface area contributed by atoms with Gasteiger partial charge in [0.15, 0.2) is 0 Å². The molecule has 0 unspecified atom stereocenters. The Balaban J connectivity index is 2.00. The maximum atomic E-state index is 13.8. The van der Waals surface area contributed by atoms with Crippen LogP contribution in [0.25, 0.3) is 0 Å². The molecule has 0 aliphatic carbocycles. The Labute approximate surface area is 120 Å². The highest BCUT2D eigenvalue weighted by Crippen LogP contribution is 2.30.